The molecule has 3 fully saturated rings. The highest BCUT2D eigenvalue weighted by Gasteiger charge is 2.37. The molecular weight excluding hydrogens is 196 g/mol. The normalized spacial score (nSPS) is 48.8. The molecule has 92 valence electrons. The number of fused-ring (bicyclic) bond motifs is 2. The first kappa shape index (κ1) is 11.0. The zero-order valence-electron chi connectivity index (χ0n) is 10.8. The molecule has 3 rings (SSSR count). The standard InChI is InChI=1S/C14H26N2/c1-10-6-11(7-10)15-12-8-13-4-3-5-14(9-12)16(13)2/h10-15H,3-9H2,1-2H3. The number of piperidine rings is 2. The lowest BCUT2D eigenvalue weighted by molar-refractivity contribution is 0.0400. The largest absolute Gasteiger partial charge is 0.311 e. The second kappa shape index (κ2) is 4.30. The first-order valence-electron chi connectivity index (χ1n) is 7.20. The van der Waals surface area contributed by atoms with Crippen molar-refractivity contribution in [2.24, 2.45) is 5.92 Å². The topological polar surface area (TPSA) is 15.3 Å². The Labute approximate surface area is 99.8 Å². The van der Waals surface area contributed by atoms with E-state index in [0.717, 1.165) is 30.1 Å². The third kappa shape index (κ3) is 2.02. The van der Waals surface area contributed by atoms with Crippen molar-refractivity contribution >= 4 is 0 Å². The summed E-state index contributed by atoms with van der Waals surface area (Å²) in [6.45, 7) is 2.38. The molecule has 1 aliphatic carbocycles. The Morgan fingerprint density at radius 2 is 1.50 bits per heavy atom. The van der Waals surface area contributed by atoms with Gasteiger partial charge in [0.05, 0.1) is 0 Å². The summed E-state index contributed by atoms with van der Waals surface area (Å²) < 4.78 is 0. The predicted octanol–water partition coefficient (Wildman–Crippen LogP) is 2.39. The van der Waals surface area contributed by atoms with Crippen molar-refractivity contribution in [3.8, 4) is 0 Å². The maximum Gasteiger partial charge on any atom is 0.0110 e. The molecule has 0 spiro atoms. The van der Waals surface area contributed by atoms with E-state index < -0.39 is 0 Å². The van der Waals surface area contributed by atoms with Crippen LogP contribution in [0.5, 0.6) is 0 Å². The van der Waals surface area contributed by atoms with E-state index in [4.69, 9.17) is 0 Å². The molecule has 1 saturated carbocycles. The third-order valence-electron chi connectivity index (χ3n) is 5.18. The van der Waals surface area contributed by atoms with Crippen molar-refractivity contribution < 1.29 is 0 Å². The maximum absolute atomic E-state index is 3.91. The van der Waals surface area contributed by atoms with Crippen LogP contribution in [0.4, 0.5) is 0 Å². The van der Waals surface area contributed by atoms with E-state index in [1.807, 2.05) is 0 Å². The van der Waals surface area contributed by atoms with Crippen molar-refractivity contribution in [2.45, 2.75) is 76.0 Å². The van der Waals surface area contributed by atoms with E-state index in [1.165, 1.54) is 44.9 Å². The van der Waals surface area contributed by atoms with Gasteiger partial charge in [-0.05, 0) is 51.5 Å². The molecular formula is C14H26N2. The average Bonchev–Trinajstić information content (AvgIpc) is 2.17. The minimum Gasteiger partial charge on any atom is -0.311 e. The lowest BCUT2D eigenvalue weighted by Crippen LogP contribution is -2.57. The molecule has 16 heavy (non-hydrogen) atoms. The van der Waals surface area contributed by atoms with Crippen LogP contribution in [0.1, 0.15) is 51.9 Å². The third-order valence-corrected chi connectivity index (χ3v) is 5.18. The van der Waals surface area contributed by atoms with Gasteiger partial charge in [-0.3, -0.25) is 0 Å². The number of hydrogen-bond acceptors (Lipinski definition) is 2. The Bertz CT molecular complexity index is 233. The van der Waals surface area contributed by atoms with Crippen molar-refractivity contribution in [3.63, 3.8) is 0 Å². The molecule has 2 bridgehead atoms. The predicted molar refractivity (Wildman–Crippen MR) is 67.5 cm³/mol. The van der Waals surface area contributed by atoms with Crippen LogP contribution in [0, 0.1) is 5.92 Å². The van der Waals surface area contributed by atoms with Crippen LogP contribution in [0.25, 0.3) is 0 Å². The van der Waals surface area contributed by atoms with Crippen LogP contribution < -0.4 is 5.32 Å². The van der Waals surface area contributed by atoms with E-state index >= 15 is 0 Å². The quantitative estimate of drug-likeness (QED) is 0.772. The summed E-state index contributed by atoms with van der Waals surface area (Å²) in [6.07, 6.45) is 9.98. The van der Waals surface area contributed by atoms with E-state index in [-0.39, 0.29) is 0 Å². The van der Waals surface area contributed by atoms with Gasteiger partial charge in [0.1, 0.15) is 0 Å². The minimum atomic E-state index is 0.823. The van der Waals surface area contributed by atoms with Gasteiger partial charge in [-0.15, -0.1) is 0 Å². The molecule has 0 amide bonds. The number of nitrogens with one attached hydrogen (secondary N) is 1. The van der Waals surface area contributed by atoms with Gasteiger partial charge in [-0.1, -0.05) is 13.3 Å². The molecule has 0 aromatic carbocycles. The van der Waals surface area contributed by atoms with Crippen LogP contribution in [-0.2, 0) is 0 Å². The van der Waals surface area contributed by atoms with Crippen molar-refractivity contribution in [1.82, 2.24) is 10.2 Å². The van der Waals surface area contributed by atoms with Gasteiger partial charge in [0.25, 0.3) is 0 Å². The first-order valence-corrected chi connectivity index (χ1v) is 7.20. The Morgan fingerprint density at radius 3 is 2.06 bits per heavy atom. The first-order chi connectivity index (χ1) is 7.72. The summed E-state index contributed by atoms with van der Waals surface area (Å²) in [5.41, 5.74) is 0. The zero-order chi connectivity index (χ0) is 11.1. The molecule has 0 aromatic heterocycles. The molecule has 0 aromatic rings. The summed E-state index contributed by atoms with van der Waals surface area (Å²) >= 11 is 0. The van der Waals surface area contributed by atoms with Crippen LogP contribution in [0.2, 0.25) is 0 Å². The molecule has 3 aliphatic rings. The Hall–Kier alpha value is -0.0800. The fourth-order valence-corrected chi connectivity index (χ4v) is 4.12. The Balaban J connectivity index is 1.54. The SMILES string of the molecule is CC1CC(NC2CC3CCCC(C2)N3C)C1. The highest BCUT2D eigenvalue weighted by atomic mass is 15.2. The number of hydrogen-bond donors (Lipinski definition) is 1. The highest BCUT2D eigenvalue weighted by Crippen LogP contribution is 2.34. The Kier molecular flexibility index (Phi) is 2.97. The maximum atomic E-state index is 3.91. The fourth-order valence-electron chi connectivity index (χ4n) is 4.12. The summed E-state index contributed by atoms with van der Waals surface area (Å²) in [5.74, 6) is 0.975. The molecule has 2 nitrogen and oxygen atoms in total. The zero-order valence-corrected chi connectivity index (χ0v) is 10.8. The number of nitrogens with zero attached hydrogens (tertiary/aromatic N) is 1. The summed E-state index contributed by atoms with van der Waals surface area (Å²) in [7, 11) is 2.34. The lowest BCUT2D eigenvalue weighted by Gasteiger charge is -2.49. The lowest BCUT2D eigenvalue weighted by atomic mass is 9.78. The molecule has 2 aliphatic heterocycles. The summed E-state index contributed by atoms with van der Waals surface area (Å²) in [4.78, 5) is 2.66. The monoisotopic (exact) mass is 222 g/mol. The van der Waals surface area contributed by atoms with E-state index in [9.17, 15) is 0 Å². The van der Waals surface area contributed by atoms with Gasteiger partial charge in [-0.2, -0.15) is 0 Å². The minimum absolute atomic E-state index is 0.823. The molecule has 0 radical (unpaired) electrons. The Morgan fingerprint density at radius 1 is 0.938 bits per heavy atom. The molecule has 2 saturated heterocycles. The van der Waals surface area contributed by atoms with Gasteiger partial charge in [-0.25, -0.2) is 0 Å². The summed E-state index contributed by atoms with van der Waals surface area (Å²) in [6, 6.07) is 3.43. The molecule has 2 unspecified atom stereocenters. The van der Waals surface area contributed by atoms with Crippen molar-refractivity contribution in [2.75, 3.05) is 7.05 Å². The van der Waals surface area contributed by atoms with Crippen LogP contribution in [0.3, 0.4) is 0 Å². The molecule has 2 heteroatoms. The van der Waals surface area contributed by atoms with Gasteiger partial charge < -0.3 is 10.2 Å². The van der Waals surface area contributed by atoms with Crippen molar-refractivity contribution in [3.05, 3.63) is 0 Å². The second-order valence-electron chi connectivity index (χ2n) is 6.51. The summed E-state index contributed by atoms with van der Waals surface area (Å²) in [5, 5.41) is 3.91. The molecule has 2 heterocycles. The van der Waals surface area contributed by atoms with Crippen LogP contribution in [-0.4, -0.2) is 36.1 Å². The molecule has 2 atom stereocenters. The molecule has 1 N–H and O–H groups in total. The fraction of sp³-hybridized carbons (Fsp3) is 1.00. The highest BCUT2D eigenvalue weighted by molar-refractivity contribution is 4.95. The van der Waals surface area contributed by atoms with Gasteiger partial charge in [0.2, 0.25) is 0 Å². The van der Waals surface area contributed by atoms with E-state index in [0.29, 0.717) is 0 Å². The average molecular weight is 222 g/mol. The second-order valence-corrected chi connectivity index (χ2v) is 6.51. The van der Waals surface area contributed by atoms with Crippen LogP contribution >= 0.6 is 0 Å². The smallest absolute Gasteiger partial charge is 0.0110 e. The van der Waals surface area contributed by atoms with Crippen LogP contribution in [0.15, 0.2) is 0 Å². The number of rotatable bonds is 2. The van der Waals surface area contributed by atoms with Gasteiger partial charge in [0, 0.05) is 24.2 Å². The van der Waals surface area contributed by atoms with Gasteiger partial charge >= 0.3 is 0 Å². The van der Waals surface area contributed by atoms with E-state index in [2.05, 4.69) is 24.2 Å². The van der Waals surface area contributed by atoms with E-state index in [1.54, 1.807) is 0 Å². The van der Waals surface area contributed by atoms with Gasteiger partial charge in [0.15, 0.2) is 0 Å². The van der Waals surface area contributed by atoms with Crippen molar-refractivity contribution in [1.29, 1.82) is 0 Å².